The SMILES string of the molecule is O=c1ccc2ccc(NCC3O[C@@H](O)C([18F])[C@@H](O)[C@@H]3O)cc2o1. The van der Waals surface area contributed by atoms with E-state index in [0.29, 0.717) is 11.3 Å². The van der Waals surface area contributed by atoms with Crippen molar-refractivity contribution in [2.45, 2.75) is 30.8 Å². The number of aliphatic hydroxyl groups is 3. The maximum absolute atomic E-state index is 13.3. The summed E-state index contributed by atoms with van der Waals surface area (Å²) in [4.78, 5) is 11.2. The molecule has 1 aromatic heterocycles. The monoisotopic (exact) mass is 324 g/mol. The van der Waals surface area contributed by atoms with Gasteiger partial charge in [-0.2, -0.15) is 0 Å². The van der Waals surface area contributed by atoms with Crippen LogP contribution in [0.2, 0.25) is 0 Å². The Kier molecular flexibility index (Phi) is 4.31. The van der Waals surface area contributed by atoms with Gasteiger partial charge in [-0.05, 0) is 18.2 Å². The summed E-state index contributed by atoms with van der Waals surface area (Å²) in [7, 11) is 0. The zero-order chi connectivity index (χ0) is 16.6. The highest BCUT2D eigenvalue weighted by molar-refractivity contribution is 5.80. The molecule has 2 aromatic rings. The minimum Gasteiger partial charge on any atom is -0.423 e. The van der Waals surface area contributed by atoms with E-state index in [9.17, 15) is 24.5 Å². The van der Waals surface area contributed by atoms with Gasteiger partial charge >= 0.3 is 5.63 Å². The molecule has 0 aliphatic carbocycles. The van der Waals surface area contributed by atoms with Crippen LogP contribution >= 0.6 is 0 Å². The Morgan fingerprint density at radius 2 is 1.87 bits per heavy atom. The maximum Gasteiger partial charge on any atom is 0.336 e. The first-order chi connectivity index (χ1) is 11.0. The van der Waals surface area contributed by atoms with E-state index >= 15 is 0 Å². The van der Waals surface area contributed by atoms with Crippen molar-refractivity contribution in [3.05, 3.63) is 40.8 Å². The molecule has 2 heterocycles. The van der Waals surface area contributed by atoms with Gasteiger partial charge in [0.25, 0.3) is 0 Å². The lowest BCUT2D eigenvalue weighted by atomic mass is 9.99. The third-order valence-electron chi connectivity index (χ3n) is 3.77. The number of aliphatic hydroxyl groups excluding tert-OH is 3. The second-order valence-corrected chi connectivity index (χ2v) is 5.38. The third kappa shape index (κ3) is 3.20. The first-order valence-electron chi connectivity index (χ1n) is 7.07. The highest BCUT2D eigenvalue weighted by Crippen LogP contribution is 2.23. The van der Waals surface area contributed by atoms with Gasteiger partial charge in [0.15, 0.2) is 12.5 Å². The van der Waals surface area contributed by atoms with Crippen LogP contribution in [-0.4, -0.2) is 52.6 Å². The van der Waals surface area contributed by atoms with Crippen molar-refractivity contribution < 1.29 is 28.9 Å². The van der Waals surface area contributed by atoms with Crippen molar-refractivity contribution in [2.24, 2.45) is 0 Å². The number of rotatable bonds is 3. The summed E-state index contributed by atoms with van der Waals surface area (Å²) < 4.78 is 23.3. The van der Waals surface area contributed by atoms with Crippen molar-refractivity contribution >= 4 is 16.7 Å². The average Bonchev–Trinajstić information content (AvgIpc) is 2.54. The van der Waals surface area contributed by atoms with Crippen LogP contribution in [0.4, 0.5) is 10.1 Å². The molecule has 2 unspecified atom stereocenters. The van der Waals surface area contributed by atoms with Crippen LogP contribution < -0.4 is 10.9 Å². The molecule has 0 amide bonds. The Morgan fingerprint density at radius 1 is 1.13 bits per heavy atom. The molecule has 7 nitrogen and oxygen atoms in total. The second kappa shape index (κ2) is 6.25. The first-order valence-corrected chi connectivity index (χ1v) is 7.07. The second-order valence-electron chi connectivity index (χ2n) is 5.38. The van der Waals surface area contributed by atoms with E-state index in [0.717, 1.165) is 5.39 Å². The molecule has 1 aliphatic heterocycles. The summed E-state index contributed by atoms with van der Waals surface area (Å²) >= 11 is 0. The molecule has 1 saturated heterocycles. The van der Waals surface area contributed by atoms with E-state index in [1.54, 1.807) is 24.3 Å². The van der Waals surface area contributed by atoms with E-state index in [2.05, 4.69) is 5.32 Å². The quantitative estimate of drug-likeness (QED) is 0.587. The van der Waals surface area contributed by atoms with Gasteiger partial charge in [-0.1, -0.05) is 0 Å². The van der Waals surface area contributed by atoms with Crippen LogP contribution in [0.25, 0.3) is 11.0 Å². The van der Waals surface area contributed by atoms with Crippen molar-refractivity contribution in [3.63, 3.8) is 0 Å². The number of hydrogen-bond donors (Lipinski definition) is 4. The predicted octanol–water partition coefficient (Wildman–Crippen LogP) is -0.0180. The lowest BCUT2D eigenvalue weighted by Crippen LogP contribution is -2.57. The van der Waals surface area contributed by atoms with Crippen LogP contribution in [0.3, 0.4) is 0 Å². The third-order valence-corrected chi connectivity index (χ3v) is 3.77. The highest BCUT2D eigenvalue weighted by atomic mass is 18.2. The Morgan fingerprint density at radius 3 is 2.65 bits per heavy atom. The Labute approximate surface area is 129 Å². The topological polar surface area (TPSA) is 112 Å². The van der Waals surface area contributed by atoms with Gasteiger partial charge in [0.05, 0.1) is 0 Å². The fraction of sp³-hybridized carbons (Fsp3) is 0.400. The standard InChI is InChI=1S/C15H16FNO6/c16-12-14(20)13(19)10(23-15(12)21)6-17-8-3-1-7-2-4-11(18)22-9(7)5-8/h1-5,10,12-15,17,19-21H,6H2/t10?,12?,13-,14-,15-/m1/s1/i16-1. The van der Waals surface area contributed by atoms with Gasteiger partial charge in [0.2, 0.25) is 0 Å². The number of halogens is 1. The first kappa shape index (κ1) is 15.9. The van der Waals surface area contributed by atoms with Gasteiger partial charge < -0.3 is 29.8 Å². The minimum absolute atomic E-state index is 0.0184. The smallest absolute Gasteiger partial charge is 0.336 e. The number of alkyl halides is 1. The summed E-state index contributed by atoms with van der Waals surface area (Å²) in [6.07, 6.45) is -8.05. The summed E-state index contributed by atoms with van der Waals surface area (Å²) in [5.41, 5.74) is 0.492. The van der Waals surface area contributed by atoms with Gasteiger partial charge in [-0.3, -0.25) is 0 Å². The molecule has 3 rings (SSSR count). The van der Waals surface area contributed by atoms with Crippen LogP contribution in [0.5, 0.6) is 0 Å². The molecule has 1 aliphatic rings. The molecule has 0 saturated carbocycles. The van der Waals surface area contributed by atoms with Crippen LogP contribution in [0, 0.1) is 0 Å². The number of fused-ring (bicyclic) bond motifs is 1. The Balaban J connectivity index is 1.71. The molecular formula is C15H16FNO6. The lowest BCUT2D eigenvalue weighted by Gasteiger charge is -2.37. The van der Waals surface area contributed by atoms with Crippen LogP contribution in [0.15, 0.2) is 39.5 Å². The van der Waals surface area contributed by atoms with Crippen molar-refractivity contribution in [1.82, 2.24) is 0 Å². The zero-order valence-corrected chi connectivity index (χ0v) is 11.9. The van der Waals surface area contributed by atoms with Crippen molar-refractivity contribution in [3.8, 4) is 0 Å². The van der Waals surface area contributed by atoms with Gasteiger partial charge in [-0.15, -0.1) is 0 Å². The van der Waals surface area contributed by atoms with Gasteiger partial charge in [0, 0.05) is 29.8 Å². The predicted molar refractivity (Wildman–Crippen MR) is 78.8 cm³/mol. The minimum atomic E-state index is -2.06. The van der Waals surface area contributed by atoms with E-state index in [1.807, 2.05) is 0 Å². The molecule has 0 spiro atoms. The van der Waals surface area contributed by atoms with Crippen molar-refractivity contribution in [1.29, 1.82) is 0 Å². The molecule has 0 bridgehead atoms. The number of ether oxygens (including phenoxy) is 1. The molecule has 124 valence electrons. The Bertz CT molecular complexity index is 750. The number of benzene rings is 1. The molecular weight excluding hydrogens is 308 g/mol. The molecule has 1 aromatic carbocycles. The van der Waals surface area contributed by atoms with Crippen LogP contribution in [0.1, 0.15) is 0 Å². The summed E-state index contributed by atoms with van der Waals surface area (Å²) in [5.74, 6) is 0. The summed E-state index contributed by atoms with van der Waals surface area (Å²) in [6.45, 7) is 0.0184. The number of anilines is 1. The van der Waals surface area contributed by atoms with Crippen molar-refractivity contribution in [2.75, 3.05) is 11.9 Å². The summed E-state index contributed by atoms with van der Waals surface area (Å²) in [6, 6.07) is 8.00. The molecule has 8 heteroatoms. The van der Waals surface area contributed by atoms with Gasteiger partial charge in [0.1, 0.15) is 23.9 Å². The van der Waals surface area contributed by atoms with E-state index in [-0.39, 0.29) is 6.54 Å². The fourth-order valence-corrected chi connectivity index (χ4v) is 2.47. The lowest BCUT2D eigenvalue weighted by molar-refractivity contribution is -0.262. The number of hydrogen-bond acceptors (Lipinski definition) is 7. The molecule has 1 fully saturated rings. The zero-order valence-electron chi connectivity index (χ0n) is 11.9. The maximum atomic E-state index is 13.3. The van der Waals surface area contributed by atoms with E-state index in [1.165, 1.54) is 6.07 Å². The normalized spacial score (nSPS) is 31.2. The highest BCUT2D eigenvalue weighted by Gasteiger charge is 2.43. The molecule has 4 N–H and O–H groups in total. The number of nitrogens with one attached hydrogen (secondary N) is 1. The van der Waals surface area contributed by atoms with E-state index in [4.69, 9.17) is 9.15 Å². The molecule has 5 atom stereocenters. The van der Waals surface area contributed by atoms with Gasteiger partial charge in [-0.25, -0.2) is 9.18 Å². The van der Waals surface area contributed by atoms with E-state index < -0.39 is 36.4 Å². The largest absolute Gasteiger partial charge is 0.423 e. The fourth-order valence-electron chi connectivity index (χ4n) is 2.47. The Hall–Kier alpha value is -2.00. The molecule has 0 radical (unpaired) electrons. The van der Waals surface area contributed by atoms with Crippen LogP contribution in [-0.2, 0) is 4.74 Å². The summed E-state index contributed by atoms with van der Waals surface area (Å²) in [5, 5.41) is 32.3. The molecule has 23 heavy (non-hydrogen) atoms. The average molecular weight is 324 g/mol.